The molecule has 1 unspecified atom stereocenters. The van der Waals surface area contributed by atoms with Crippen LogP contribution in [0.3, 0.4) is 0 Å². The Morgan fingerprint density at radius 2 is 2.26 bits per heavy atom. The molecule has 1 aliphatic heterocycles. The highest BCUT2D eigenvalue weighted by molar-refractivity contribution is 7.80. The van der Waals surface area contributed by atoms with Gasteiger partial charge in [0.05, 0.1) is 19.3 Å². The van der Waals surface area contributed by atoms with E-state index >= 15 is 0 Å². The van der Waals surface area contributed by atoms with Crippen LogP contribution in [0.4, 0.5) is 0 Å². The topological polar surface area (TPSA) is 33.7 Å². The van der Waals surface area contributed by atoms with Crippen LogP contribution in [0, 0.1) is 5.92 Å². The number of nitrogens with zero attached hydrogens (tertiary/aromatic N) is 1. The van der Waals surface area contributed by atoms with Crippen molar-refractivity contribution in [1.29, 1.82) is 0 Å². The lowest BCUT2D eigenvalue weighted by Gasteiger charge is -2.32. The van der Waals surface area contributed by atoms with Crippen LogP contribution in [0.15, 0.2) is 0 Å². The Balaban J connectivity index is 1.99. The maximum Gasteiger partial charge on any atom is 0.0827 e. The monoisotopic (exact) mass is 290 g/mol. The predicted octanol–water partition coefficient (Wildman–Crippen LogP) is 1.62. The van der Waals surface area contributed by atoms with Crippen LogP contribution in [0.25, 0.3) is 0 Å². The van der Waals surface area contributed by atoms with Gasteiger partial charge in [0.25, 0.3) is 0 Å². The van der Waals surface area contributed by atoms with Crippen LogP contribution < -0.4 is 5.32 Å². The molecule has 1 atom stereocenters. The summed E-state index contributed by atoms with van der Waals surface area (Å²) in [6.45, 7) is 11.0. The number of nitrogens with one attached hydrogen (secondary N) is 1. The lowest BCUT2D eigenvalue weighted by atomic mass is 10.1. The number of hydrogen-bond acceptors (Lipinski definition) is 5. The summed E-state index contributed by atoms with van der Waals surface area (Å²) < 4.78 is 11.4. The SMILES string of the molecule is CC(C)CCCOCCN1CCOC(CNCS)C1. The molecular weight excluding hydrogens is 260 g/mol. The lowest BCUT2D eigenvalue weighted by molar-refractivity contribution is -0.0344. The van der Waals surface area contributed by atoms with E-state index in [0.29, 0.717) is 12.0 Å². The summed E-state index contributed by atoms with van der Waals surface area (Å²) in [6.07, 6.45) is 2.73. The van der Waals surface area contributed by atoms with E-state index in [0.717, 1.165) is 51.9 Å². The molecule has 1 rings (SSSR count). The highest BCUT2D eigenvalue weighted by Crippen LogP contribution is 2.05. The Morgan fingerprint density at radius 1 is 1.42 bits per heavy atom. The molecule has 0 aromatic carbocycles. The molecule has 1 saturated heterocycles. The second-order valence-electron chi connectivity index (χ2n) is 5.55. The van der Waals surface area contributed by atoms with E-state index in [1.165, 1.54) is 12.8 Å². The van der Waals surface area contributed by atoms with Crippen LogP contribution in [-0.2, 0) is 9.47 Å². The van der Waals surface area contributed by atoms with Crippen molar-refractivity contribution in [3.63, 3.8) is 0 Å². The zero-order chi connectivity index (χ0) is 13.9. The fourth-order valence-corrected chi connectivity index (χ4v) is 2.35. The van der Waals surface area contributed by atoms with E-state index < -0.39 is 0 Å². The van der Waals surface area contributed by atoms with Gasteiger partial charge in [-0.2, -0.15) is 12.6 Å². The van der Waals surface area contributed by atoms with Crippen molar-refractivity contribution in [2.24, 2.45) is 5.92 Å². The molecule has 1 N–H and O–H groups in total. The van der Waals surface area contributed by atoms with Crippen molar-refractivity contribution in [2.45, 2.75) is 32.8 Å². The van der Waals surface area contributed by atoms with Crippen molar-refractivity contribution in [1.82, 2.24) is 10.2 Å². The molecule has 19 heavy (non-hydrogen) atoms. The quantitative estimate of drug-likeness (QED) is 0.364. The first kappa shape index (κ1) is 17.2. The van der Waals surface area contributed by atoms with Gasteiger partial charge in [-0.1, -0.05) is 13.8 Å². The van der Waals surface area contributed by atoms with E-state index in [-0.39, 0.29) is 0 Å². The largest absolute Gasteiger partial charge is 0.380 e. The average molecular weight is 290 g/mol. The van der Waals surface area contributed by atoms with Gasteiger partial charge in [-0.25, -0.2) is 0 Å². The maximum atomic E-state index is 5.70. The van der Waals surface area contributed by atoms with Crippen molar-refractivity contribution >= 4 is 12.6 Å². The summed E-state index contributed by atoms with van der Waals surface area (Å²) in [5.41, 5.74) is 0. The first-order valence-corrected chi connectivity index (χ1v) is 8.09. The van der Waals surface area contributed by atoms with Gasteiger partial charge in [0.1, 0.15) is 0 Å². The number of ether oxygens (including phenoxy) is 2. The van der Waals surface area contributed by atoms with E-state index in [1.54, 1.807) is 0 Å². The molecule has 0 aliphatic carbocycles. The van der Waals surface area contributed by atoms with Crippen LogP contribution in [0.1, 0.15) is 26.7 Å². The summed E-state index contributed by atoms with van der Waals surface area (Å²) in [4.78, 5) is 2.43. The summed E-state index contributed by atoms with van der Waals surface area (Å²) in [5, 5.41) is 3.21. The van der Waals surface area contributed by atoms with Gasteiger partial charge in [0, 0.05) is 38.7 Å². The molecule has 0 radical (unpaired) electrons. The summed E-state index contributed by atoms with van der Waals surface area (Å²) in [6, 6.07) is 0. The molecule has 5 heteroatoms. The smallest absolute Gasteiger partial charge is 0.0827 e. The molecular formula is C14H30N2O2S. The van der Waals surface area contributed by atoms with Gasteiger partial charge in [0.2, 0.25) is 0 Å². The van der Waals surface area contributed by atoms with E-state index in [9.17, 15) is 0 Å². The third kappa shape index (κ3) is 8.87. The van der Waals surface area contributed by atoms with Gasteiger partial charge >= 0.3 is 0 Å². The van der Waals surface area contributed by atoms with Gasteiger partial charge in [-0.3, -0.25) is 4.90 Å². The second kappa shape index (κ2) is 10.9. The van der Waals surface area contributed by atoms with Crippen molar-refractivity contribution in [2.75, 3.05) is 51.9 Å². The molecule has 0 saturated carbocycles. The third-order valence-corrected chi connectivity index (χ3v) is 3.55. The van der Waals surface area contributed by atoms with E-state index in [2.05, 4.69) is 36.7 Å². The molecule has 0 aromatic heterocycles. The molecule has 0 aromatic rings. The molecule has 1 fully saturated rings. The number of rotatable bonds is 10. The highest BCUT2D eigenvalue weighted by Gasteiger charge is 2.19. The molecule has 0 bridgehead atoms. The van der Waals surface area contributed by atoms with E-state index in [1.807, 2.05) is 0 Å². The lowest BCUT2D eigenvalue weighted by Crippen LogP contribution is -2.47. The second-order valence-corrected chi connectivity index (χ2v) is 5.87. The molecule has 1 aliphatic rings. The first-order chi connectivity index (χ1) is 9.22. The van der Waals surface area contributed by atoms with Crippen LogP contribution in [0.5, 0.6) is 0 Å². The van der Waals surface area contributed by atoms with Gasteiger partial charge in [-0.15, -0.1) is 0 Å². The standard InChI is InChI=1S/C14H30N2O2S/c1-13(2)4-3-7-17-8-5-16-6-9-18-14(11-16)10-15-12-19/h13-15,19H,3-12H2,1-2H3. The van der Waals surface area contributed by atoms with Crippen LogP contribution in [0.2, 0.25) is 0 Å². The molecule has 0 amide bonds. The predicted molar refractivity (Wildman–Crippen MR) is 82.9 cm³/mol. The Kier molecular flexibility index (Phi) is 9.91. The number of hydrogen-bond donors (Lipinski definition) is 2. The Bertz CT molecular complexity index is 218. The third-order valence-electron chi connectivity index (χ3n) is 3.33. The maximum absolute atomic E-state index is 5.70. The fourth-order valence-electron chi connectivity index (χ4n) is 2.22. The average Bonchev–Trinajstić information content (AvgIpc) is 2.40. The Labute approximate surface area is 123 Å². The number of morpholine rings is 1. The minimum Gasteiger partial charge on any atom is -0.380 e. The van der Waals surface area contributed by atoms with Crippen molar-refractivity contribution < 1.29 is 9.47 Å². The summed E-state index contributed by atoms with van der Waals surface area (Å²) >= 11 is 4.15. The van der Waals surface area contributed by atoms with Crippen molar-refractivity contribution in [3.05, 3.63) is 0 Å². The van der Waals surface area contributed by atoms with Crippen LogP contribution in [-0.4, -0.2) is 62.9 Å². The zero-order valence-electron chi connectivity index (χ0n) is 12.4. The minimum atomic E-state index is 0.293. The molecule has 4 nitrogen and oxygen atoms in total. The summed E-state index contributed by atoms with van der Waals surface area (Å²) in [5.74, 6) is 1.49. The Hall–Kier alpha value is 0.190. The normalized spacial score (nSPS) is 21.2. The van der Waals surface area contributed by atoms with Gasteiger partial charge in [-0.05, 0) is 18.8 Å². The van der Waals surface area contributed by atoms with Crippen molar-refractivity contribution in [3.8, 4) is 0 Å². The van der Waals surface area contributed by atoms with Gasteiger partial charge in [0.15, 0.2) is 0 Å². The zero-order valence-corrected chi connectivity index (χ0v) is 13.3. The van der Waals surface area contributed by atoms with Crippen LogP contribution >= 0.6 is 12.6 Å². The van der Waals surface area contributed by atoms with Gasteiger partial charge < -0.3 is 14.8 Å². The highest BCUT2D eigenvalue weighted by atomic mass is 32.1. The molecule has 1 heterocycles. The minimum absolute atomic E-state index is 0.293. The molecule has 114 valence electrons. The van der Waals surface area contributed by atoms with E-state index in [4.69, 9.17) is 9.47 Å². The molecule has 0 spiro atoms. The summed E-state index contributed by atoms with van der Waals surface area (Å²) in [7, 11) is 0. The number of thiol groups is 1. The Morgan fingerprint density at radius 3 is 3.00 bits per heavy atom. The fraction of sp³-hybridized carbons (Fsp3) is 1.00. The first-order valence-electron chi connectivity index (χ1n) is 7.45.